The maximum atomic E-state index is 12.3. The molecule has 0 radical (unpaired) electrons. The van der Waals surface area contributed by atoms with E-state index >= 15 is 0 Å². The van der Waals surface area contributed by atoms with E-state index in [9.17, 15) is 14.4 Å². The standard InChI is InChI=1S/C24H32N4O4/c1-4-17(2)27-24(31)19-9-6-11-21(15-19)28-22(29)16-26-20-10-5-8-18(14-20)23(30)25-12-7-13-32-3/h5-6,8-11,14-15,17,26H,4,7,12-13,16H2,1-3H3,(H,25,30)(H,27,31)(H,28,29). The first-order valence-electron chi connectivity index (χ1n) is 10.7. The number of hydrogen-bond donors (Lipinski definition) is 4. The fourth-order valence-corrected chi connectivity index (χ4v) is 2.83. The van der Waals surface area contributed by atoms with Crippen molar-refractivity contribution in [2.24, 2.45) is 0 Å². The summed E-state index contributed by atoms with van der Waals surface area (Å²) < 4.78 is 4.96. The van der Waals surface area contributed by atoms with Crippen molar-refractivity contribution in [3.8, 4) is 0 Å². The minimum Gasteiger partial charge on any atom is -0.385 e. The SMILES string of the molecule is CCC(C)NC(=O)c1cccc(NC(=O)CNc2cccc(C(=O)NCCCOC)c2)c1. The van der Waals surface area contributed by atoms with Gasteiger partial charge in [-0.15, -0.1) is 0 Å². The van der Waals surface area contributed by atoms with Crippen molar-refractivity contribution in [3.05, 3.63) is 59.7 Å². The van der Waals surface area contributed by atoms with Crippen molar-refractivity contribution in [2.45, 2.75) is 32.7 Å². The van der Waals surface area contributed by atoms with E-state index in [1.54, 1.807) is 55.6 Å². The average molecular weight is 441 g/mol. The number of methoxy groups -OCH3 is 1. The monoisotopic (exact) mass is 440 g/mol. The molecule has 2 rings (SSSR count). The smallest absolute Gasteiger partial charge is 0.251 e. The predicted molar refractivity (Wildman–Crippen MR) is 126 cm³/mol. The molecule has 1 unspecified atom stereocenters. The number of carbonyl (C=O) groups is 3. The fourth-order valence-electron chi connectivity index (χ4n) is 2.83. The van der Waals surface area contributed by atoms with Crippen LogP contribution in [0, 0.1) is 0 Å². The molecule has 0 spiro atoms. The highest BCUT2D eigenvalue weighted by Crippen LogP contribution is 2.13. The van der Waals surface area contributed by atoms with Crippen LogP contribution in [-0.4, -0.2) is 50.6 Å². The van der Waals surface area contributed by atoms with Crippen molar-refractivity contribution in [2.75, 3.05) is 37.4 Å². The van der Waals surface area contributed by atoms with Gasteiger partial charge >= 0.3 is 0 Å². The lowest BCUT2D eigenvalue weighted by molar-refractivity contribution is -0.114. The Morgan fingerprint density at radius 3 is 2.31 bits per heavy atom. The first-order valence-corrected chi connectivity index (χ1v) is 10.7. The molecule has 0 aliphatic heterocycles. The second kappa shape index (κ2) is 13.1. The maximum absolute atomic E-state index is 12.3. The van der Waals surface area contributed by atoms with E-state index in [0.717, 1.165) is 12.8 Å². The Morgan fingerprint density at radius 1 is 0.969 bits per heavy atom. The van der Waals surface area contributed by atoms with Crippen LogP contribution < -0.4 is 21.3 Å². The van der Waals surface area contributed by atoms with Crippen LogP contribution in [0.4, 0.5) is 11.4 Å². The number of benzene rings is 2. The summed E-state index contributed by atoms with van der Waals surface area (Å²) in [7, 11) is 1.62. The number of nitrogens with one attached hydrogen (secondary N) is 4. The quantitative estimate of drug-likeness (QED) is 0.380. The zero-order valence-corrected chi connectivity index (χ0v) is 18.9. The Kier molecular flexibility index (Phi) is 10.2. The Morgan fingerprint density at radius 2 is 1.62 bits per heavy atom. The van der Waals surface area contributed by atoms with Crippen molar-refractivity contribution < 1.29 is 19.1 Å². The molecule has 8 heteroatoms. The molecule has 0 heterocycles. The van der Waals surface area contributed by atoms with Gasteiger partial charge in [-0.25, -0.2) is 0 Å². The van der Waals surface area contributed by atoms with Crippen LogP contribution in [0.15, 0.2) is 48.5 Å². The Balaban J connectivity index is 1.87. The molecule has 0 bridgehead atoms. The second-order valence-corrected chi connectivity index (χ2v) is 7.45. The third-order valence-electron chi connectivity index (χ3n) is 4.79. The normalized spacial score (nSPS) is 11.3. The number of amides is 3. The van der Waals surface area contributed by atoms with Gasteiger partial charge in [-0.1, -0.05) is 19.1 Å². The lowest BCUT2D eigenvalue weighted by atomic mass is 10.1. The summed E-state index contributed by atoms with van der Waals surface area (Å²) in [6.07, 6.45) is 1.57. The van der Waals surface area contributed by atoms with Gasteiger partial charge in [-0.2, -0.15) is 0 Å². The number of ether oxygens (including phenoxy) is 1. The number of anilines is 2. The van der Waals surface area contributed by atoms with Crippen molar-refractivity contribution in [1.29, 1.82) is 0 Å². The van der Waals surface area contributed by atoms with Gasteiger partial charge in [0.1, 0.15) is 0 Å². The molecule has 0 saturated heterocycles. The van der Waals surface area contributed by atoms with Crippen LogP contribution in [0.5, 0.6) is 0 Å². The highest BCUT2D eigenvalue weighted by Gasteiger charge is 2.11. The summed E-state index contributed by atoms with van der Waals surface area (Å²) >= 11 is 0. The van der Waals surface area contributed by atoms with Crippen LogP contribution in [0.1, 0.15) is 47.4 Å². The Bertz CT molecular complexity index is 916. The van der Waals surface area contributed by atoms with Crippen LogP contribution in [0.2, 0.25) is 0 Å². The van der Waals surface area contributed by atoms with E-state index in [1.165, 1.54) is 0 Å². The molecule has 4 N–H and O–H groups in total. The summed E-state index contributed by atoms with van der Waals surface area (Å²) in [6, 6.07) is 13.8. The molecule has 3 amide bonds. The topological polar surface area (TPSA) is 109 Å². The molecular weight excluding hydrogens is 408 g/mol. The number of carbonyl (C=O) groups excluding carboxylic acids is 3. The summed E-state index contributed by atoms with van der Waals surface area (Å²) in [4.78, 5) is 36.8. The second-order valence-electron chi connectivity index (χ2n) is 7.45. The lowest BCUT2D eigenvalue weighted by Crippen LogP contribution is -2.32. The van der Waals surface area contributed by atoms with E-state index in [-0.39, 0.29) is 30.3 Å². The van der Waals surface area contributed by atoms with Crippen LogP contribution in [0.3, 0.4) is 0 Å². The van der Waals surface area contributed by atoms with Gasteiger partial charge in [0.05, 0.1) is 6.54 Å². The molecular formula is C24H32N4O4. The first kappa shape index (κ1) is 24.9. The average Bonchev–Trinajstić information content (AvgIpc) is 2.80. The van der Waals surface area contributed by atoms with Crippen molar-refractivity contribution >= 4 is 29.1 Å². The van der Waals surface area contributed by atoms with Gasteiger partial charge in [0.15, 0.2) is 0 Å². The van der Waals surface area contributed by atoms with Gasteiger partial charge in [-0.3, -0.25) is 14.4 Å². The third kappa shape index (κ3) is 8.39. The molecule has 0 aliphatic carbocycles. The van der Waals surface area contributed by atoms with Gasteiger partial charge in [-0.05, 0) is 56.2 Å². The van der Waals surface area contributed by atoms with Crippen LogP contribution in [-0.2, 0) is 9.53 Å². The summed E-state index contributed by atoms with van der Waals surface area (Å²) in [5.41, 5.74) is 2.19. The minimum atomic E-state index is -0.265. The summed E-state index contributed by atoms with van der Waals surface area (Å²) in [6.45, 7) is 5.07. The largest absolute Gasteiger partial charge is 0.385 e. The molecule has 0 fully saturated rings. The lowest BCUT2D eigenvalue weighted by Gasteiger charge is -2.13. The minimum absolute atomic E-state index is 0.0161. The van der Waals surface area contributed by atoms with Gasteiger partial charge < -0.3 is 26.0 Å². The molecule has 32 heavy (non-hydrogen) atoms. The number of hydrogen-bond acceptors (Lipinski definition) is 5. The Labute approximate surface area is 189 Å². The van der Waals surface area contributed by atoms with E-state index in [0.29, 0.717) is 35.7 Å². The van der Waals surface area contributed by atoms with Crippen LogP contribution in [0.25, 0.3) is 0 Å². The zero-order valence-electron chi connectivity index (χ0n) is 18.9. The van der Waals surface area contributed by atoms with Crippen molar-refractivity contribution in [3.63, 3.8) is 0 Å². The molecule has 1 atom stereocenters. The fraction of sp³-hybridized carbons (Fsp3) is 0.375. The molecule has 0 saturated carbocycles. The third-order valence-corrected chi connectivity index (χ3v) is 4.79. The molecule has 0 aromatic heterocycles. The molecule has 172 valence electrons. The van der Waals surface area contributed by atoms with E-state index in [2.05, 4.69) is 21.3 Å². The van der Waals surface area contributed by atoms with Crippen LogP contribution >= 0.6 is 0 Å². The molecule has 0 aliphatic rings. The first-order chi connectivity index (χ1) is 15.4. The molecule has 2 aromatic carbocycles. The van der Waals surface area contributed by atoms with Gasteiger partial charge in [0, 0.05) is 48.8 Å². The summed E-state index contributed by atoms with van der Waals surface area (Å²) in [5.74, 6) is -0.619. The van der Waals surface area contributed by atoms with Gasteiger partial charge in [0.2, 0.25) is 5.91 Å². The number of rotatable bonds is 12. The summed E-state index contributed by atoms with van der Waals surface area (Å²) in [5, 5.41) is 11.5. The predicted octanol–water partition coefficient (Wildman–Crippen LogP) is 3.03. The van der Waals surface area contributed by atoms with Gasteiger partial charge in [0.25, 0.3) is 11.8 Å². The van der Waals surface area contributed by atoms with Crippen molar-refractivity contribution in [1.82, 2.24) is 10.6 Å². The highest BCUT2D eigenvalue weighted by molar-refractivity contribution is 5.98. The maximum Gasteiger partial charge on any atom is 0.251 e. The molecule has 2 aromatic rings. The van der Waals surface area contributed by atoms with E-state index in [4.69, 9.17) is 4.74 Å². The van der Waals surface area contributed by atoms with E-state index in [1.807, 2.05) is 13.8 Å². The van der Waals surface area contributed by atoms with E-state index < -0.39 is 0 Å². The zero-order chi connectivity index (χ0) is 23.3. The molecule has 8 nitrogen and oxygen atoms in total. The Hall–Kier alpha value is -3.39. The highest BCUT2D eigenvalue weighted by atomic mass is 16.5.